The van der Waals surface area contributed by atoms with E-state index in [1.807, 2.05) is 6.92 Å². The fourth-order valence-electron chi connectivity index (χ4n) is 0.971. The van der Waals surface area contributed by atoms with Gasteiger partial charge in [-0.1, -0.05) is 0 Å². The molecule has 0 saturated carbocycles. The Morgan fingerprint density at radius 2 is 2.29 bits per heavy atom. The minimum absolute atomic E-state index is 0.0560. The lowest BCUT2D eigenvalue weighted by Gasteiger charge is -2.11. The van der Waals surface area contributed by atoms with Crippen LogP contribution in [0, 0.1) is 0 Å². The summed E-state index contributed by atoms with van der Waals surface area (Å²) in [5.74, 6) is 0.0779. The number of methoxy groups -OCH3 is 1. The van der Waals surface area contributed by atoms with Crippen LogP contribution in [0.4, 0.5) is 5.82 Å². The molecule has 1 rings (SSSR count). The standard InChI is InChI=1S/C7H12N4O3/c1-4(3-14-2)8-5-6(12)9-7(13)11-10-5/h4H,3H2,1-2H3,(H,8,10)(H2,9,11,12,13)/t4-/m1/s1. The van der Waals surface area contributed by atoms with Crippen molar-refractivity contribution >= 4 is 5.82 Å². The Hall–Kier alpha value is -1.63. The van der Waals surface area contributed by atoms with E-state index < -0.39 is 11.2 Å². The van der Waals surface area contributed by atoms with Crippen molar-refractivity contribution in [1.29, 1.82) is 0 Å². The number of H-pyrrole nitrogens is 2. The summed E-state index contributed by atoms with van der Waals surface area (Å²) in [4.78, 5) is 23.8. The van der Waals surface area contributed by atoms with Crippen LogP contribution in [-0.4, -0.2) is 34.9 Å². The van der Waals surface area contributed by atoms with Gasteiger partial charge in [0.1, 0.15) is 0 Å². The van der Waals surface area contributed by atoms with Crippen LogP contribution in [0.5, 0.6) is 0 Å². The normalized spacial score (nSPS) is 12.4. The first kappa shape index (κ1) is 10.5. The van der Waals surface area contributed by atoms with Crippen LogP contribution in [0.25, 0.3) is 0 Å². The van der Waals surface area contributed by atoms with Crippen molar-refractivity contribution in [3.8, 4) is 0 Å². The van der Waals surface area contributed by atoms with Gasteiger partial charge in [-0.25, -0.2) is 9.89 Å². The smallest absolute Gasteiger partial charge is 0.342 e. The quantitative estimate of drug-likeness (QED) is 0.573. The van der Waals surface area contributed by atoms with Crippen LogP contribution in [0.1, 0.15) is 6.92 Å². The van der Waals surface area contributed by atoms with Gasteiger partial charge in [-0.15, -0.1) is 5.10 Å². The summed E-state index contributed by atoms with van der Waals surface area (Å²) in [5.41, 5.74) is -1.17. The van der Waals surface area contributed by atoms with Gasteiger partial charge in [-0.05, 0) is 6.92 Å². The summed E-state index contributed by atoms with van der Waals surface area (Å²) in [6.07, 6.45) is 0. The first-order valence-electron chi connectivity index (χ1n) is 4.08. The van der Waals surface area contributed by atoms with E-state index in [9.17, 15) is 9.59 Å². The maximum atomic E-state index is 11.1. The zero-order chi connectivity index (χ0) is 10.6. The number of aromatic amines is 2. The molecular formula is C7H12N4O3. The predicted molar refractivity (Wildman–Crippen MR) is 50.4 cm³/mol. The number of ether oxygens (including phenoxy) is 1. The van der Waals surface area contributed by atoms with E-state index in [0.717, 1.165) is 0 Å². The average Bonchev–Trinajstić information content (AvgIpc) is 2.10. The lowest BCUT2D eigenvalue weighted by Crippen LogP contribution is -2.31. The second-order valence-corrected chi connectivity index (χ2v) is 2.86. The Balaban J connectivity index is 2.77. The van der Waals surface area contributed by atoms with Crippen molar-refractivity contribution in [3.05, 3.63) is 20.8 Å². The third kappa shape index (κ3) is 2.70. The lowest BCUT2D eigenvalue weighted by atomic mass is 10.3. The number of rotatable bonds is 4. The van der Waals surface area contributed by atoms with Crippen LogP contribution < -0.4 is 16.6 Å². The van der Waals surface area contributed by atoms with Gasteiger partial charge < -0.3 is 10.1 Å². The number of aromatic nitrogens is 3. The maximum absolute atomic E-state index is 11.1. The Labute approximate surface area is 79.5 Å². The molecule has 0 fully saturated rings. The molecular weight excluding hydrogens is 188 g/mol. The summed E-state index contributed by atoms with van der Waals surface area (Å²) >= 11 is 0. The summed E-state index contributed by atoms with van der Waals surface area (Å²) in [6, 6.07) is -0.0560. The Morgan fingerprint density at radius 1 is 1.57 bits per heavy atom. The van der Waals surface area contributed by atoms with Crippen molar-refractivity contribution in [2.75, 3.05) is 19.0 Å². The van der Waals surface area contributed by atoms with Gasteiger partial charge in [0, 0.05) is 13.2 Å². The van der Waals surface area contributed by atoms with E-state index in [1.54, 1.807) is 7.11 Å². The van der Waals surface area contributed by atoms with Crippen molar-refractivity contribution < 1.29 is 4.74 Å². The molecule has 0 bridgehead atoms. The predicted octanol–water partition coefficient (Wildman–Crippen LogP) is -1.09. The SMILES string of the molecule is COC[C@@H](C)Nc1n[nH]c(=O)[nH]c1=O. The van der Waals surface area contributed by atoms with Gasteiger partial charge in [0.15, 0.2) is 0 Å². The molecule has 1 atom stereocenters. The summed E-state index contributed by atoms with van der Waals surface area (Å²) in [7, 11) is 1.56. The minimum Gasteiger partial charge on any atom is -0.383 e. The molecule has 0 aromatic carbocycles. The molecule has 0 amide bonds. The molecule has 78 valence electrons. The fraction of sp³-hybridized carbons (Fsp3) is 0.571. The van der Waals surface area contributed by atoms with Crippen molar-refractivity contribution in [3.63, 3.8) is 0 Å². The van der Waals surface area contributed by atoms with Gasteiger partial charge in [-0.3, -0.25) is 9.78 Å². The monoisotopic (exact) mass is 200 g/mol. The topological polar surface area (TPSA) is 99.9 Å². The molecule has 0 aliphatic carbocycles. The molecule has 3 N–H and O–H groups in total. The molecule has 7 nitrogen and oxygen atoms in total. The van der Waals surface area contributed by atoms with Crippen molar-refractivity contribution in [2.24, 2.45) is 0 Å². The fourth-order valence-corrected chi connectivity index (χ4v) is 0.971. The Morgan fingerprint density at radius 3 is 2.86 bits per heavy atom. The molecule has 0 spiro atoms. The summed E-state index contributed by atoms with van der Waals surface area (Å²) in [5, 5.41) is 8.46. The first-order valence-corrected chi connectivity index (χ1v) is 4.08. The highest BCUT2D eigenvalue weighted by atomic mass is 16.5. The molecule has 14 heavy (non-hydrogen) atoms. The molecule has 7 heteroatoms. The van der Waals surface area contributed by atoms with E-state index >= 15 is 0 Å². The van der Waals surface area contributed by atoms with E-state index in [4.69, 9.17) is 4.74 Å². The Kier molecular flexibility index (Phi) is 3.41. The van der Waals surface area contributed by atoms with Gasteiger partial charge >= 0.3 is 5.69 Å². The zero-order valence-corrected chi connectivity index (χ0v) is 7.96. The average molecular weight is 200 g/mol. The highest BCUT2D eigenvalue weighted by Crippen LogP contribution is 1.92. The van der Waals surface area contributed by atoms with E-state index in [1.165, 1.54) is 0 Å². The van der Waals surface area contributed by atoms with Crippen LogP contribution >= 0.6 is 0 Å². The number of nitrogens with one attached hydrogen (secondary N) is 3. The van der Waals surface area contributed by atoms with Gasteiger partial charge in [0.25, 0.3) is 5.56 Å². The number of anilines is 1. The van der Waals surface area contributed by atoms with E-state index in [-0.39, 0.29) is 11.9 Å². The van der Waals surface area contributed by atoms with Gasteiger partial charge in [-0.2, -0.15) is 0 Å². The molecule has 0 aliphatic rings. The third-order valence-corrected chi connectivity index (χ3v) is 1.51. The van der Waals surface area contributed by atoms with Crippen LogP contribution in [0.3, 0.4) is 0 Å². The molecule has 0 aliphatic heterocycles. The second-order valence-electron chi connectivity index (χ2n) is 2.86. The third-order valence-electron chi connectivity index (χ3n) is 1.51. The van der Waals surface area contributed by atoms with Crippen molar-refractivity contribution in [1.82, 2.24) is 15.2 Å². The van der Waals surface area contributed by atoms with Crippen LogP contribution in [-0.2, 0) is 4.74 Å². The Bertz CT molecular complexity index is 396. The summed E-state index contributed by atoms with van der Waals surface area (Å²) < 4.78 is 4.86. The molecule has 1 aromatic heterocycles. The molecule has 1 heterocycles. The minimum atomic E-state index is -0.625. The highest BCUT2D eigenvalue weighted by Gasteiger charge is 2.05. The van der Waals surface area contributed by atoms with Crippen molar-refractivity contribution in [2.45, 2.75) is 13.0 Å². The summed E-state index contributed by atoms with van der Waals surface area (Å²) in [6.45, 7) is 2.27. The molecule has 0 radical (unpaired) electrons. The van der Waals surface area contributed by atoms with Gasteiger partial charge in [0.2, 0.25) is 5.82 Å². The number of nitrogens with zero attached hydrogens (tertiary/aromatic N) is 1. The number of hydrogen-bond acceptors (Lipinski definition) is 5. The van der Waals surface area contributed by atoms with E-state index in [0.29, 0.717) is 6.61 Å². The molecule has 0 saturated heterocycles. The van der Waals surface area contributed by atoms with E-state index in [2.05, 4.69) is 20.5 Å². The first-order chi connectivity index (χ1) is 6.63. The zero-order valence-electron chi connectivity index (χ0n) is 7.96. The maximum Gasteiger partial charge on any atom is 0.342 e. The lowest BCUT2D eigenvalue weighted by molar-refractivity contribution is 0.190. The van der Waals surface area contributed by atoms with Crippen LogP contribution in [0.2, 0.25) is 0 Å². The second kappa shape index (κ2) is 4.56. The largest absolute Gasteiger partial charge is 0.383 e. The highest BCUT2D eigenvalue weighted by molar-refractivity contribution is 5.29. The number of hydrogen-bond donors (Lipinski definition) is 3. The molecule has 1 aromatic rings. The van der Waals surface area contributed by atoms with Gasteiger partial charge in [0.05, 0.1) is 6.61 Å². The van der Waals surface area contributed by atoms with Crippen LogP contribution in [0.15, 0.2) is 9.59 Å². The molecule has 0 unspecified atom stereocenters.